The number of hydrogen-bond donors (Lipinski definition) is 0. The van der Waals surface area contributed by atoms with Gasteiger partial charge in [-0.05, 0) is 35.7 Å². The summed E-state index contributed by atoms with van der Waals surface area (Å²) in [6.07, 6.45) is 2.48. The third kappa shape index (κ3) is 5.01. The summed E-state index contributed by atoms with van der Waals surface area (Å²) in [5.74, 6) is 3.67. The fourth-order valence-electron chi connectivity index (χ4n) is 4.75. The highest BCUT2D eigenvalue weighted by molar-refractivity contribution is 5.80. The number of ether oxygens (including phenoxy) is 5. The molecule has 0 saturated heterocycles. The van der Waals surface area contributed by atoms with E-state index in [1.807, 2.05) is 18.2 Å². The molecule has 1 unspecified atom stereocenters. The first kappa shape index (κ1) is 25.4. The van der Waals surface area contributed by atoms with Crippen molar-refractivity contribution in [2.45, 2.75) is 31.7 Å². The van der Waals surface area contributed by atoms with E-state index in [0.29, 0.717) is 42.3 Å². The lowest BCUT2D eigenvalue weighted by Crippen LogP contribution is -3.00. The Morgan fingerprint density at radius 1 is 1.06 bits per heavy atom. The number of ketones is 1. The van der Waals surface area contributed by atoms with Crippen LogP contribution in [0.15, 0.2) is 24.3 Å². The maximum absolute atomic E-state index is 13.1. The number of aryl methyl sites for hydroxylation is 1. The lowest BCUT2D eigenvalue weighted by Gasteiger charge is -2.43. The fraction of sp³-hybridized carbons (Fsp3) is 0.480. The molecule has 2 aliphatic rings. The third-order valence-corrected chi connectivity index (χ3v) is 6.64. The molecule has 2 aliphatic heterocycles. The van der Waals surface area contributed by atoms with Crippen LogP contribution in [0.5, 0.6) is 28.7 Å². The van der Waals surface area contributed by atoms with Gasteiger partial charge in [-0.1, -0.05) is 6.07 Å². The summed E-state index contributed by atoms with van der Waals surface area (Å²) in [4.78, 5) is 13.1. The minimum absolute atomic E-state index is 0. The van der Waals surface area contributed by atoms with Crippen molar-refractivity contribution in [1.82, 2.24) is 0 Å². The predicted molar refractivity (Wildman–Crippen MR) is 120 cm³/mol. The molecular formula is C25H32INO6. The molecule has 0 aliphatic carbocycles. The minimum Gasteiger partial charge on any atom is -1.00 e. The summed E-state index contributed by atoms with van der Waals surface area (Å²) in [6, 6.07) is 7.85. The zero-order valence-electron chi connectivity index (χ0n) is 19.9. The standard InChI is InChI=1S/C25H32NO6.HI/c1-26(2)11-10-17-13-22-24(32-15-31-22)25(30-5)23(17)19(26)14-18(27)8-6-16-7-9-20(28-3)21(12-16)29-4;/h7,9,12-13,19H,6,8,10-11,14-15H2,1-5H3;1H/q+1;/p-1. The van der Waals surface area contributed by atoms with Crippen LogP contribution in [0, 0.1) is 0 Å². The van der Waals surface area contributed by atoms with Gasteiger partial charge in [-0.2, -0.15) is 0 Å². The zero-order chi connectivity index (χ0) is 22.9. The molecule has 2 aromatic carbocycles. The Morgan fingerprint density at radius 2 is 1.82 bits per heavy atom. The second-order valence-corrected chi connectivity index (χ2v) is 8.92. The lowest BCUT2D eigenvalue weighted by molar-refractivity contribution is -0.922. The molecule has 180 valence electrons. The van der Waals surface area contributed by atoms with Crippen molar-refractivity contribution in [1.29, 1.82) is 0 Å². The van der Waals surface area contributed by atoms with Crippen LogP contribution >= 0.6 is 0 Å². The molecule has 0 saturated carbocycles. The number of hydrogen-bond acceptors (Lipinski definition) is 6. The van der Waals surface area contributed by atoms with Crippen molar-refractivity contribution in [2.75, 3.05) is 48.8 Å². The van der Waals surface area contributed by atoms with Gasteiger partial charge in [0.15, 0.2) is 23.0 Å². The van der Waals surface area contributed by atoms with E-state index in [0.717, 1.165) is 34.3 Å². The van der Waals surface area contributed by atoms with Gasteiger partial charge in [0.2, 0.25) is 12.5 Å². The van der Waals surface area contributed by atoms with Crippen LogP contribution in [0.2, 0.25) is 0 Å². The molecule has 4 rings (SSSR count). The Kier molecular flexibility index (Phi) is 8.00. The summed E-state index contributed by atoms with van der Waals surface area (Å²) in [5.41, 5.74) is 3.31. The van der Waals surface area contributed by atoms with E-state index in [1.54, 1.807) is 21.3 Å². The normalized spacial score (nSPS) is 17.5. The number of quaternary nitrogens is 1. The Labute approximate surface area is 212 Å². The second-order valence-electron chi connectivity index (χ2n) is 8.92. The van der Waals surface area contributed by atoms with E-state index in [1.165, 1.54) is 5.56 Å². The quantitative estimate of drug-likeness (QED) is 0.345. The molecule has 0 N–H and O–H groups in total. The Balaban J connectivity index is 0.00000306. The van der Waals surface area contributed by atoms with Gasteiger partial charge in [-0.3, -0.25) is 4.79 Å². The maximum Gasteiger partial charge on any atom is 0.231 e. The fourth-order valence-corrected chi connectivity index (χ4v) is 4.75. The average molecular weight is 569 g/mol. The molecule has 0 aromatic heterocycles. The first-order valence-electron chi connectivity index (χ1n) is 10.9. The number of likely N-dealkylation sites (N-methyl/N-ethyl adjacent to an activating group) is 1. The van der Waals surface area contributed by atoms with Crippen molar-refractivity contribution in [3.05, 3.63) is 41.0 Å². The van der Waals surface area contributed by atoms with Gasteiger partial charge in [0.05, 0.1) is 54.0 Å². The van der Waals surface area contributed by atoms with Crippen LogP contribution in [0.25, 0.3) is 0 Å². The number of benzene rings is 2. The lowest BCUT2D eigenvalue weighted by atomic mass is 9.86. The number of nitrogens with zero attached hydrogens (tertiary/aromatic N) is 1. The monoisotopic (exact) mass is 569 g/mol. The van der Waals surface area contributed by atoms with E-state index in [-0.39, 0.29) is 42.6 Å². The zero-order valence-corrected chi connectivity index (χ0v) is 22.1. The Hall–Kier alpha value is -2.20. The van der Waals surface area contributed by atoms with Crippen LogP contribution < -0.4 is 47.7 Å². The minimum atomic E-state index is 0. The number of carbonyl (C=O) groups excluding carboxylic acids is 1. The molecule has 33 heavy (non-hydrogen) atoms. The highest BCUT2D eigenvalue weighted by Gasteiger charge is 2.42. The predicted octanol–water partition coefficient (Wildman–Crippen LogP) is 0.711. The largest absolute Gasteiger partial charge is 1.00 e. The first-order chi connectivity index (χ1) is 15.4. The van der Waals surface area contributed by atoms with Crippen LogP contribution in [-0.2, 0) is 17.6 Å². The number of Topliss-reactive ketones (excluding diaryl/α,β-unsaturated/α-hetero) is 1. The smallest absolute Gasteiger partial charge is 0.231 e. The molecular weight excluding hydrogens is 537 g/mol. The van der Waals surface area contributed by atoms with Gasteiger partial charge in [-0.25, -0.2) is 0 Å². The molecule has 0 bridgehead atoms. The molecule has 1 atom stereocenters. The third-order valence-electron chi connectivity index (χ3n) is 6.64. The van der Waals surface area contributed by atoms with Gasteiger partial charge >= 0.3 is 0 Å². The van der Waals surface area contributed by atoms with Crippen molar-refractivity contribution >= 4 is 5.78 Å². The summed E-state index contributed by atoms with van der Waals surface area (Å²) < 4.78 is 28.5. The molecule has 2 heterocycles. The molecule has 2 aromatic rings. The molecule has 0 spiro atoms. The highest BCUT2D eigenvalue weighted by atomic mass is 127. The number of carbonyl (C=O) groups is 1. The van der Waals surface area contributed by atoms with Crippen molar-refractivity contribution in [3.63, 3.8) is 0 Å². The van der Waals surface area contributed by atoms with Crippen molar-refractivity contribution in [2.24, 2.45) is 0 Å². The maximum atomic E-state index is 13.1. The topological polar surface area (TPSA) is 63.2 Å². The van der Waals surface area contributed by atoms with Crippen molar-refractivity contribution < 1.29 is 56.9 Å². The van der Waals surface area contributed by atoms with Gasteiger partial charge in [0, 0.05) is 12.8 Å². The van der Waals surface area contributed by atoms with E-state index >= 15 is 0 Å². The molecule has 8 heteroatoms. The second kappa shape index (κ2) is 10.4. The number of halogens is 1. The summed E-state index contributed by atoms with van der Waals surface area (Å²) in [6.45, 7) is 1.14. The van der Waals surface area contributed by atoms with Crippen molar-refractivity contribution in [3.8, 4) is 28.7 Å². The summed E-state index contributed by atoms with van der Waals surface area (Å²) in [5, 5.41) is 0. The molecule has 0 fully saturated rings. The molecule has 0 amide bonds. The number of methoxy groups -OCH3 is 3. The van der Waals surface area contributed by atoms with Crippen LogP contribution in [0.3, 0.4) is 0 Å². The van der Waals surface area contributed by atoms with Crippen LogP contribution in [0.4, 0.5) is 0 Å². The van der Waals surface area contributed by atoms with E-state index < -0.39 is 0 Å². The number of fused-ring (bicyclic) bond motifs is 2. The Bertz CT molecular complexity index is 1020. The molecule has 0 radical (unpaired) electrons. The summed E-state index contributed by atoms with van der Waals surface area (Å²) >= 11 is 0. The van der Waals surface area contributed by atoms with Gasteiger partial charge in [-0.15, -0.1) is 0 Å². The van der Waals surface area contributed by atoms with Crippen LogP contribution in [-0.4, -0.2) is 59.0 Å². The van der Waals surface area contributed by atoms with E-state index in [9.17, 15) is 4.79 Å². The van der Waals surface area contributed by atoms with Gasteiger partial charge in [0.25, 0.3) is 0 Å². The number of rotatable bonds is 8. The van der Waals surface area contributed by atoms with Crippen LogP contribution in [0.1, 0.15) is 35.6 Å². The van der Waals surface area contributed by atoms with E-state index in [2.05, 4.69) is 20.2 Å². The summed E-state index contributed by atoms with van der Waals surface area (Å²) in [7, 11) is 9.25. The SMILES string of the molecule is COc1ccc(CCC(=O)CC2c3c(cc4c(c3OC)OCO4)CC[N+]2(C)C)cc1OC.[I-]. The van der Waals surface area contributed by atoms with E-state index in [4.69, 9.17) is 23.7 Å². The molecule has 7 nitrogen and oxygen atoms in total. The van der Waals surface area contributed by atoms with Gasteiger partial charge in [0.1, 0.15) is 11.8 Å². The first-order valence-corrected chi connectivity index (χ1v) is 10.9. The van der Waals surface area contributed by atoms with Gasteiger partial charge < -0.3 is 52.1 Å². The average Bonchev–Trinajstić information content (AvgIpc) is 3.26. The highest BCUT2D eigenvalue weighted by Crippen LogP contribution is 2.51. The Morgan fingerprint density at radius 3 is 2.52 bits per heavy atom.